The van der Waals surface area contributed by atoms with Gasteiger partial charge in [-0.15, -0.1) is 0 Å². The van der Waals surface area contributed by atoms with Crippen LogP contribution >= 0.6 is 23.2 Å². The van der Waals surface area contributed by atoms with Crippen molar-refractivity contribution in [3.05, 3.63) is 76.2 Å². The molecule has 1 aromatic heterocycles. The van der Waals surface area contributed by atoms with Crippen molar-refractivity contribution in [2.45, 2.75) is 6.54 Å². The highest BCUT2D eigenvalue weighted by Gasteiger charge is 2.08. The summed E-state index contributed by atoms with van der Waals surface area (Å²) >= 11 is 11.9. The van der Waals surface area contributed by atoms with Crippen LogP contribution in [0.4, 0.5) is 5.82 Å². The van der Waals surface area contributed by atoms with Crippen LogP contribution in [0, 0.1) is 0 Å². The summed E-state index contributed by atoms with van der Waals surface area (Å²) in [5.41, 5.74) is 1.17. The number of aromatic nitrogens is 2. The molecular formula is C19H16Cl2N4O2. The van der Waals surface area contributed by atoms with Gasteiger partial charge in [0.25, 0.3) is 5.91 Å². The van der Waals surface area contributed by atoms with E-state index < -0.39 is 0 Å². The van der Waals surface area contributed by atoms with E-state index in [4.69, 9.17) is 27.9 Å². The van der Waals surface area contributed by atoms with E-state index in [1.54, 1.807) is 37.4 Å². The zero-order valence-corrected chi connectivity index (χ0v) is 15.9. The summed E-state index contributed by atoms with van der Waals surface area (Å²) in [5.74, 6) is 1.50. The molecule has 0 atom stereocenters. The van der Waals surface area contributed by atoms with Gasteiger partial charge in [-0.05, 0) is 35.9 Å². The highest BCUT2D eigenvalue weighted by molar-refractivity contribution is 6.34. The maximum atomic E-state index is 12.1. The summed E-state index contributed by atoms with van der Waals surface area (Å²) in [6.07, 6.45) is 2.93. The van der Waals surface area contributed by atoms with Gasteiger partial charge in [-0.1, -0.05) is 35.3 Å². The van der Waals surface area contributed by atoms with E-state index in [0.717, 1.165) is 5.56 Å². The van der Waals surface area contributed by atoms with Gasteiger partial charge in [0, 0.05) is 23.6 Å². The number of carbonyl (C=O) groups is 1. The molecule has 138 valence electrons. The third-order valence-electron chi connectivity index (χ3n) is 3.59. The highest BCUT2D eigenvalue weighted by atomic mass is 35.5. The molecule has 0 fully saturated rings. The molecule has 1 amide bonds. The van der Waals surface area contributed by atoms with E-state index >= 15 is 0 Å². The molecule has 6 nitrogen and oxygen atoms in total. The Labute approximate surface area is 166 Å². The van der Waals surface area contributed by atoms with Crippen molar-refractivity contribution in [2.75, 3.05) is 12.4 Å². The second kappa shape index (κ2) is 8.70. The number of benzene rings is 2. The number of anilines is 1. The zero-order valence-electron chi connectivity index (χ0n) is 14.4. The number of nitrogens with zero attached hydrogens (tertiary/aromatic N) is 2. The largest absolute Gasteiger partial charge is 0.457 e. The molecule has 0 bridgehead atoms. The molecule has 3 aromatic rings. The van der Waals surface area contributed by atoms with Crippen molar-refractivity contribution in [1.82, 2.24) is 15.3 Å². The number of halogens is 2. The second-order valence-corrected chi connectivity index (χ2v) is 6.44. The number of hydrogen-bond acceptors (Lipinski definition) is 5. The SMILES string of the molecule is CNc1cnc(C(=O)NCc2ccc(Oc3cc(Cl)cc(Cl)c3)cc2)cn1. The molecule has 27 heavy (non-hydrogen) atoms. The van der Waals surface area contributed by atoms with Crippen molar-refractivity contribution in [1.29, 1.82) is 0 Å². The monoisotopic (exact) mass is 402 g/mol. The summed E-state index contributed by atoms with van der Waals surface area (Å²) in [6.45, 7) is 0.359. The van der Waals surface area contributed by atoms with Crippen LogP contribution in [-0.2, 0) is 6.54 Å². The third-order valence-corrected chi connectivity index (χ3v) is 4.03. The van der Waals surface area contributed by atoms with Crippen LogP contribution in [0.5, 0.6) is 11.5 Å². The Morgan fingerprint density at radius 1 is 1.00 bits per heavy atom. The number of rotatable bonds is 6. The minimum atomic E-state index is -0.293. The Morgan fingerprint density at radius 3 is 2.30 bits per heavy atom. The predicted molar refractivity (Wildman–Crippen MR) is 106 cm³/mol. The number of nitrogens with one attached hydrogen (secondary N) is 2. The fourth-order valence-corrected chi connectivity index (χ4v) is 2.75. The summed E-state index contributed by atoms with van der Waals surface area (Å²) in [5, 5.41) is 6.65. The first-order valence-corrected chi connectivity index (χ1v) is 8.80. The van der Waals surface area contributed by atoms with E-state index in [2.05, 4.69) is 20.6 Å². The van der Waals surface area contributed by atoms with Gasteiger partial charge in [-0.2, -0.15) is 0 Å². The number of amides is 1. The highest BCUT2D eigenvalue weighted by Crippen LogP contribution is 2.28. The van der Waals surface area contributed by atoms with Crippen LogP contribution < -0.4 is 15.4 Å². The molecule has 0 aliphatic rings. The van der Waals surface area contributed by atoms with Crippen LogP contribution in [0.1, 0.15) is 16.1 Å². The van der Waals surface area contributed by atoms with Gasteiger partial charge in [-0.25, -0.2) is 9.97 Å². The minimum absolute atomic E-state index is 0.256. The molecule has 0 saturated carbocycles. The van der Waals surface area contributed by atoms with E-state index in [1.165, 1.54) is 12.4 Å². The Balaban J connectivity index is 1.57. The van der Waals surface area contributed by atoms with Crippen molar-refractivity contribution < 1.29 is 9.53 Å². The molecule has 0 saturated heterocycles. The van der Waals surface area contributed by atoms with Crippen LogP contribution in [0.25, 0.3) is 0 Å². The van der Waals surface area contributed by atoms with Crippen LogP contribution in [0.15, 0.2) is 54.9 Å². The van der Waals surface area contributed by atoms with Crippen molar-refractivity contribution in [2.24, 2.45) is 0 Å². The lowest BCUT2D eigenvalue weighted by atomic mass is 10.2. The lowest BCUT2D eigenvalue weighted by molar-refractivity contribution is 0.0945. The van der Waals surface area contributed by atoms with E-state index in [0.29, 0.717) is 33.9 Å². The fraction of sp³-hybridized carbons (Fsp3) is 0.105. The van der Waals surface area contributed by atoms with Gasteiger partial charge in [0.1, 0.15) is 23.0 Å². The van der Waals surface area contributed by atoms with Gasteiger partial charge in [0.05, 0.1) is 12.4 Å². The Hall–Kier alpha value is -2.83. The minimum Gasteiger partial charge on any atom is -0.457 e. The van der Waals surface area contributed by atoms with Crippen molar-refractivity contribution in [3.63, 3.8) is 0 Å². The molecule has 0 aliphatic heterocycles. The second-order valence-electron chi connectivity index (χ2n) is 5.57. The molecule has 2 aromatic carbocycles. The van der Waals surface area contributed by atoms with Gasteiger partial charge < -0.3 is 15.4 Å². The lowest BCUT2D eigenvalue weighted by Crippen LogP contribution is -2.24. The first-order chi connectivity index (χ1) is 13.0. The van der Waals surface area contributed by atoms with E-state index in [-0.39, 0.29) is 11.6 Å². The number of hydrogen-bond donors (Lipinski definition) is 2. The predicted octanol–water partition coefficient (Wildman–Crippen LogP) is 4.55. The quantitative estimate of drug-likeness (QED) is 0.632. The average molecular weight is 403 g/mol. The summed E-state index contributed by atoms with van der Waals surface area (Å²) in [4.78, 5) is 20.2. The number of ether oxygens (including phenoxy) is 1. The van der Waals surface area contributed by atoms with Gasteiger partial charge in [-0.3, -0.25) is 4.79 Å². The summed E-state index contributed by atoms with van der Waals surface area (Å²) < 4.78 is 5.73. The molecule has 0 unspecified atom stereocenters. The molecule has 8 heteroatoms. The van der Waals surface area contributed by atoms with Gasteiger partial charge in [0.15, 0.2) is 0 Å². The normalized spacial score (nSPS) is 10.3. The Kier molecular flexibility index (Phi) is 6.11. The summed E-state index contributed by atoms with van der Waals surface area (Å²) in [7, 11) is 1.73. The first kappa shape index (κ1) is 18.9. The Bertz CT molecular complexity index is 911. The molecule has 1 heterocycles. The van der Waals surface area contributed by atoms with Crippen LogP contribution in [-0.4, -0.2) is 22.9 Å². The molecule has 0 spiro atoms. The fourth-order valence-electron chi connectivity index (χ4n) is 2.25. The smallest absolute Gasteiger partial charge is 0.271 e. The van der Waals surface area contributed by atoms with Crippen molar-refractivity contribution >= 4 is 34.9 Å². The maximum Gasteiger partial charge on any atom is 0.271 e. The molecule has 2 N–H and O–H groups in total. The van der Waals surface area contributed by atoms with E-state index in [9.17, 15) is 4.79 Å². The number of carbonyl (C=O) groups excluding carboxylic acids is 1. The summed E-state index contributed by atoms with van der Waals surface area (Å²) in [6, 6.07) is 12.3. The average Bonchev–Trinajstić information content (AvgIpc) is 2.66. The first-order valence-electron chi connectivity index (χ1n) is 8.04. The topological polar surface area (TPSA) is 76.1 Å². The maximum absolute atomic E-state index is 12.1. The van der Waals surface area contributed by atoms with E-state index in [1.807, 2.05) is 12.1 Å². The van der Waals surface area contributed by atoms with Gasteiger partial charge in [0.2, 0.25) is 0 Å². The van der Waals surface area contributed by atoms with Gasteiger partial charge >= 0.3 is 0 Å². The van der Waals surface area contributed by atoms with Crippen LogP contribution in [0.3, 0.4) is 0 Å². The van der Waals surface area contributed by atoms with Crippen molar-refractivity contribution in [3.8, 4) is 11.5 Å². The molecule has 3 rings (SSSR count). The lowest BCUT2D eigenvalue weighted by Gasteiger charge is -2.09. The molecule has 0 aliphatic carbocycles. The molecular weight excluding hydrogens is 387 g/mol. The standard InChI is InChI=1S/C19H16Cl2N4O2/c1-22-18-11-23-17(10-24-18)19(26)25-9-12-2-4-15(5-3-12)27-16-7-13(20)6-14(21)8-16/h2-8,10-11H,9H2,1H3,(H,22,24)(H,25,26). The van der Waals surface area contributed by atoms with Crippen LogP contribution in [0.2, 0.25) is 10.0 Å². The zero-order chi connectivity index (χ0) is 19.2. The Morgan fingerprint density at radius 2 is 1.70 bits per heavy atom. The third kappa shape index (κ3) is 5.32. The molecule has 0 radical (unpaired) electrons.